The number of nitrogens with zero attached hydrogens (tertiary/aromatic N) is 2. The van der Waals surface area contributed by atoms with Crippen LogP contribution in [0.4, 0.5) is 4.39 Å². The van der Waals surface area contributed by atoms with Gasteiger partial charge in [0, 0.05) is 31.8 Å². The average molecular weight is 519 g/mol. The van der Waals surface area contributed by atoms with Crippen LogP contribution in [0.15, 0.2) is 28.4 Å². The van der Waals surface area contributed by atoms with Gasteiger partial charge in [-0.1, -0.05) is 6.07 Å². The molecule has 0 atom stereocenters. The van der Waals surface area contributed by atoms with E-state index in [0.717, 1.165) is 12.8 Å². The summed E-state index contributed by atoms with van der Waals surface area (Å²) in [4.78, 5) is 45.8. The van der Waals surface area contributed by atoms with Crippen LogP contribution in [0.2, 0.25) is 0 Å². The van der Waals surface area contributed by atoms with Gasteiger partial charge < -0.3 is 29.8 Å². The topological polar surface area (TPSA) is 134 Å². The van der Waals surface area contributed by atoms with Crippen LogP contribution >= 0.6 is 11.3 Å². The number of methoxy groups -OCH3 is 1. The Hall–Kier alpha value is -3.35. The van der Waals surface area contributed by atoms with Crippen molar-refractivity contribution in [2.45, 2.75) is 26.0 Å². The van der Waals surface area contributed by atoms with E-state index in [1.807, 2.05) is 0 Å². The Balaban J connectivity index is 1.33. The first-order valence-electron chi connectivity index (χ1n) is 11.5. The van der Waals surface area contributed by atoms with Crippen LogP contribution in [0.25, 0.3) is 10.2 Å². The molecule has 2 amide bonds. The molecular formula is C24H27FN4O6S. The molecule has 10 nitrogen and oxygen atoms in total. The number of likely N-dealkylation sites (tertiary alicyclic amines) is 1. The molecule has 0 aliphatic carbocycles. The highest BCUT2D eigenvalue weighted by molar-refractivity contribution is 7.16. The molecule has 36 heavy (non-hydrogen) atoms. The van der Waals surface area contributed by atoms with Crippen LogP contribution < -0.4 is 15.6 Å². The molecule has 0 bridgehead atoms. The maximum absolute atomic E-state index is 13.6. The zero-order valence-corrected chi connectivity index (χ0v) is 20.5. The molecule has 0 radical (unpaired) electrons. The summed E-state index contributed by atoms with van der Waals surface area (Å²) in [5.74, 6) is -1.05. The number of H-pyrrole nitrogens is 1. The zero-order chi connectivity index (χ0) is 25.7. The highest BCUT2D eigenvalue weighted by Gasteiger charge is 2.23. The molecule has 12 heteroatoms. The van der Waals surface area contributed by atoms with E-state index in [2.05, 4.69) is 15.3 Å². The summed E-state index contributed by atoms with van der Waals surface area (Å²) < 4.78 is 24.4. The van der Waals surface area contributed by atoms with Gasteiger partial charge in [0.1, 0.15) is 11.4 Å². The number of fused-ring (bicyclic) bond motifs is 1. The molecule has 0 unspecified atom stereocenters. The molecule has 3 aromatic rings. The van der Waals surface area contributed by atoms with E-state index in [1.165, 1.54) is 36.6 Å². The monoisotopic (exact) mass is 518 g/mol. The molecule has 1 saturated heterocycles. The number of hydrogen-bond donors (Lipinski definition) is 3. The van der Waals surface area contributed by atoms with E-state index in [-0.39, 0.29) is 30.6 Å². The van der Waals surface area contributed by atoms with Crippen LogP contribution in [-0.2, 0) is 22.7 Å². The van der Waals surface area contributed by atoms with Gasteiger partial charge in [0.25, 0.3) is 11.5 Å². The number of piperidine rings is 1. The van der Waals surface area contributed by atoms with Crippen molar-refractivity contribution in [3.63, 3.8) is 0 Å². The Morgan fingerprint density at radius 1 is 1.33 bits per heavy atom. The lowest BCUT2D eigenvalue weighted by Crippen LogP contribution is -2.40. The van der Waals surface area contributed by atoms with E-state index in [0.29, 0.717) is 47.0 Å². The van der Waals surface area contributed by atoms with Gasteiger partial charge in [0.2, 0.25) is 11.7 Å². The summed E-state index contributed by atoms with van der Waals surface area (Å²) in [6.07, 6.45) is 1.59. The van der Waals surface area contributed by atoms with Gasteiger partial charge in [-0.3, -0.25) is 14.4 Å². The van der Waals surface area contributed by atoms with E-state index in [4.69, 9.17) is 14.6 Å². The molecule has 0 spiro atoms. The van der Waals surface area contributed by atoms with Crippen molar-refractivity contribution in [1.82, 2.24) is 20.2 Å². The lowest BCUT2D eigenvalue weighted by atomic mass is 9.98. The standard InChI is InChI=1S/C24H27FN4O6S/c1-34-18-8-15(2-3-17(18)25)9-26-23(33)21-27-22(32)20-16(13-36-24(20)28-21)12-35-11-14-4-6-29(7-5-14)19(31)10-30/h2-3,8,13-14,30H,4-7,9-12H2,1H3,(H,26,33)(H,27,28,32). The first-order chi connectivity index (χ1) is 17.4. The normalized spacial score (nSPS) is 14.2. The number of nitrogens with one attached hydrogen (secondary N) is 2. The van der Waals surface area contributed by atoms with Crippen molar-refractivity contribution >= 4 is 33.4 Å². The number of aromatic amines is 1. The van der Waals surface area contributed by atoms with Gasteiger partial charge in [0.15, 0.2) is 11.6 Å². The Morgan fingerprint density at radius 3 is 2.83 bits per heavy atom. The van der Waals surface area contributed by atoms with E-state index < -0.39 is 23.9 Å². The minimum absolute atomic E-state index is 0.0743. The van der Waals surface area contributed by atoms with Gasteiger partial charge in [-0.15, -0.1) is 11.3 Å². The lowest BCUT2D eigenvalue weighted by Gasteiger charge is -2.31. The Morgan fingerprint density at radius 2 is 2.11 bits per heavy atom. The first-order valence-corrected chi connectivity index (χ1v) is 12.3. The third-order valence-corrected chi connectivity index (χ3v) is 7.04. The van der Waals surface area contributed by atoms with Gasteiger partial charge in [-0.2, -0.15) is 0 Å². The number of carbonyl (C=O) groups excluding carboxylic acids is 2. The molecule has 3 N–H and O–H groups in total. The number of benzene rings is 1. The number of carbonyl (C=O) groups is 2. The van der Waals surface area contributed by atoms with Crippen molar-refractivity contribution in [2.75, 3.05) is 33.4 Å². The van der Waals surface area contributed by atoms with Crippen molar-refractivity contribution < 1.29 is 28.6 Å². The van der Waals surface area contributed by atoms with Gasteiger partial charge in [0.05, 0.1) is 19.1 Å². The highest BCUT2D eigenvalue weighted by Crippen LogP contribution is 2.23. The maximum atomic E-state index is 13.6. The molecule has 1 aromatic carbocycles. The van der Waals surface area contributed by atoms with Crippen molar-refractivity contribution in [2.24, 2.45) is 5.92 Å². The SMILES string of the molecule is COc1cc(CNC(=O)c2nc3scc(COCC4CCN(C(=O)CO)CC4)c3c(=O)[nH]2)ccc1F. The molecule has 4 rings (SSSR count). The van der Waals surface area contributed by atoms with Crippen molar-refractivity contribution in [3.05, 3.63) is 56.7 Å². The quantitative estimate of drug-likeness (QED) is 0.393. The van der Waals surface area contributed by atoms with Crippen LogP contribution in [-0.4, -0.2) is 65.2 Å². The number of rotatable bonds is 9. The number of amides is 2. The number of thiophene rings is 1. The van der Waals surface area contributed by atoms with Gasteiger partial charge in [-0.05, 0) is 41.8 Å². The van der Waals surface area contributed by atoms with Crippen molar-refractivity contribution in [3.8, 4) is 5.75 Å². The predicted molar refractivity (Wildman–Crippen MR) is 130 cm³/mol. The second-order valence-electron chi connectivity index (χ2n) is 8.50. The number of hydrogen-bond acceptors (Lipinski definition) is 8. The second kappa shape index (κ2) is 11.6. The predicted octanol–water partition coefficient (Wildman–Crippen LogP) is 1.81. The third kappa shape index (κ3) is 5.89. The second-order valence-corrected chi connectivity index (χ2v) is 9.36. The van der Waals surface area contributed by atoms with Crippen LogP contribution in [0, 0.1) is 11.7 Å². The number of aliphatic hydroxyl groups is 1. The Labute approximate surface area is 210 Å². The largest absolute Gasteiger partial charge is 0.494 e. The molecule has 3 heterocycles. The molecule has 1 fully saturated rings. The Kier molecular flexibility index (Phi) is 8.28. The number of aromatic nitrogens is 2. The lowest BCUT2D eigenvalue weighted by molar-refractivity contribution is -0.135. The molecule has 0 saturated carbocycles. The van der Waals surface area contributed by atoms with E-state index in [1.54, 1.807) is 10.3 Å². The summed E-state index contributed by atoms with van der Waals surface area (Å²) in [7, 11) is 1.36. The molecule has 1 aliphatic rings. The maximum Gasteiger partial charge on any atom is 0.287 e. The first kappa shape index (κ1) is 25.7. The third-order valence-electron chi connectivity index (χ3n) is 6.12. The van der Waals surface area contributed by atoms with Gasteiger partial charge in [-0.25, -0.2) is 9.37 Å². The van der Waals surface area contributed by atoms with E-state index >= 15 is 0 Å². The Bertz CT molecular complexity index is 1300. The minimum Gasteiger partial charge on any atom is -0.494 e. The van der Waals surface area contributed by atoms with Crippen LogP contribution in [0.5, 0.6) is 5.75 Å². The molecule has 2 aromatic heterocycles. The van der Waals surface area contributed by atoms with Crippen molar-refractivity contribution in [1.29, 1.82) is 0 Å². The fourth-order valence-electron chi connectivity index (χ4n) is 4.09. The summed E-state index contributed by atoms with van der Waals surface area (Å²) >= 11 is 1.26. The smallest absolute Gasteiger partial charge is 0.287 e. The molecule has 192 valence electrons. The molecule has 1 aliphatic heterocycles. The minimum atomic E-state index is -0.561. The average Bonchev–Trinajstić information content (AvgIpc) is 3.31. The number of aliphatic hydroxyl groups excluding tert-OH is 1. The summed E-state index contributed by atoms with van der Waals surface area (Å²) in [6.45, 7) is 1.56. The number of ether oxygens (including phenoxy) is 2. The van der Waals surface area contributed by atoms with Crippen LogP contribution in [0.3, 0.4) is 0 Å². The fraction of sp³-hybridized carbons (Fsp3) is 0.417. The van der Waals surface area contributed by atoms with E-state index in [9.17, 15) is 18.8 Å². The summed E-state index contributed by atoms with van der Waals surface area (Å²) in [6, 6.07) is 4.27. The summed E-state index contributed by atoms with van der Waals surface area (Å²) in [5.41, 5.74) is 0.900. The highest BCUT2D eigenvalue weighted by atomic mass is 32.1. The molecular weight excluding hydrogens is 491 g/mol. The zero-order valence-electron chi connectivity index (χ0n) is 19.7. The number of halogens is 1. The fourth-order valence-corrected chi connectivity index (χ4v) is 5.01. The van der Waals surface area contributed by atoms with Gasteiger partial charge >= 0.3 is 0 Å². The van der Waals surface area contributed by atoms with Crippen LogP contribution in [0.1, 0.15) is 34.6 Å². The summed E-state index contributed by atoms with van der Waals surface area (Å²) in [5, 5.41) is 13.8.